The van der Waals surface area contributed by atoms with E-state index in [1.54, 1.807) is 0 Å². The number of aromatic amines is 1. The van der Waals surface area contributed by atoms with Crippen LogP contribution >= 0.6 is 11.6 Å². The minimum Gasteiger partial charge on any atom is -0.363 e. The monoisotopic (exact) mass is 286 g/mol. The number of imidazole rings is 1. The zero-order valence-corrected chi connectivity index (χ0v) is 12.4. The SMILES string of the molecule is Cc1ccc(-c2nc3nc(N(C)C)ccc3[nH]2)cc1Cl. The predicted octanol–water partition coefficient (Wildman–Crippen LogP) is 3.65. The Kier molecular flexibility index (Phi) is 3.10. The fourth-order valence-corrected chi connectivity index (χ4v) is 2.19. The Bertz CT molecular complexity index is 777. The van der Waals surface area contributed by atoms with Gasteiger partial charge in [0.2, 0.25) is 0 Å². The molecule has 0 radical (unpaired) electrons. The first-order valence-electron chi connectivity index (χ1n) is 6.35. The van der Waals surface area contributed by atoms with Crippen molar-refractivity contribution in [3.05, 3.63) is 40.9 Å². The molecule has 0 saturated heterocycles. The Hall–Kier alpha value is -2.07. The van der Waals surface area contributed by atoms with Crippen molar-refractivity contribution in [1.82, 2.24) is 15.0 Å². The Labute approximate surface area is 122 Å². The summed E-state index contributed by atoms with van der Waals surface area (Å²) >= 11 is 6.17. The van der Waals surface area contributed by atoms with Crippen molar-refractivity contribution in [1.29, 1.82) is 0 Å². The lowest BCUT2D eigenvalue weighted by molar-refractivity contribution is 1.08. The molecular weight excluding hydrogens is 272 g/mol. The normalized spacial score (nSPS) is 11.0. The lowest BCUT2D eigenvalue weighted by Gasteiger charge is -2.09. The third kappa shape index (κ3) is 2.23. The number of pyridine rings is 1. The van der Waals surface area contributed by atoms with Crippen molar-refractivity contribution < 1.29 is 0 Å². The summed E-state index contributed by atoms with van der Waals surface area (Å²) in [6, 6.07) is 9.87. The number of aryl methyl sites for hydroxylation is 1. The molecule has 4 nitrogen and oxygen atoms in total. The first-order chi connectivity index (χ1) is 9.54. The van der Waals surface area contributed by atoms with Gasteiger partial charge >= 0.3 is 0 Å². The van der Waals surface area contributed by atoms with Gasteiger partial charge in [0.05, 0.1) is 5.52 Å². The molecule has 2 heterocycles. The maximum atomic E-state index is 6.17. The van der Waals surface area contributed by atoms with Crippen molar-refractivity contribution in [2.75, 3.05) is 19.0 Å². The quantitative estimate of drug-likeness (QED) is 0.782. The molecular formula is C15H15ClN4. The summed E-state index contributed by atoms with van der Waals surface area (Å²) in [6.07, 6.45) is 0. The number of hydrogen-bond donors (Lipinski definition) is 1. The van der Waals surface area contributed by atoms with Gasteiger partial charge in [-0.2, -0.15) is 0 Å². The summed E-state index contributed by atoms with van der Waals surface area (Å²) in [5, 5.41) is 0.741. The van der Waals surface area contributed by atoms with Crippen LogP contribution in [0.1, 0.15) is 5.56 Å². The molecule has 20 heavy (non-hydrogen) atoms. The number of aromatic nitrogens is 3. The van der Waals surface area contributed by atoms with E-state index >= 15 is 0 Å². The van der Waals surface area contributed by atoms with Gasteiger partial charge < -0.3 is 9.88 Å². The van der Waals surface area contributed by atoms with Crippen molar-refractivity contribution in [2.24, 2.45) is 0 Å². The molecule has 0 aliphatic carbocycles. The van der Waals surface area contributed by atoms with Gasteiger partial charge in [-0.05, 0) is 30.7 Å². The molecule has 102 valence electrons. The minimum atomic E-state index is 0.711. The molecule has 0 spiro atoms. The fourth-order valence-electron chi connectivity index (χ4n) is 2.01. The van der Waals surface area contributed by atoms with Crippen LogP contribution < -0.4 is 4.90 Å². The Morgan fingerprint density at radius 3 is 2.60 bits per heavy atom. The molecule has 0 saturated carbocycles. The molecule has 5 heteroatoms. The fraction of sp³-hybridized carbons (Fsp3) is 0.200. The summed E-state index contributed by atoms with van der Waals surface area (Å²) in [5.41, 5.74) is 3.65. The van der Waals surface area contributed by atoms with Crippen molar-refractivity contribution in [2.45, 2.75) is 6.92 Å². The predicted molar refractivity (Wildman–Crippen MR) is 83.4 cm³/mol. The zero-order valence-electron chi connectivity index (χ0n) is 11.6. The average Bonchev–Trinajstić information content (AvgIpc) is 2.84. The first-order valence-corrected chi connectivity index (χ1v) is 6.73. The number of nitrogens with one attached hydrogen (secondary N) is 1. The van der Waals surface area contributed by atoms with E-state index in [1.165, 1.54) is 0 Å². The second-order valence-corrected chi connectivity index (χ2v) is 5.39. The van der Waals surface area contributed by atoms with E-state index in [0.717, 1.165) is 33.3 Å². The molecule has 0 bridgehead atoms. The molecule has 1 aromatic carbocycles. The molecule has 0 atom stereocenters. The van der Waals surface area contributed by atoms with Crippen LogP contribution in [0, 0.1) is 6.92 Å². The molecule has 1 N–H and O–H groups in total. The molecule has 2 aromatic heterocycles. The van der Waals surface area contributed by atoms with Gasteiger partial charge in [-0.1, -0.05) is 23.7 Å². The van der Waals surface area contributed by atoms with E-state index in [2.05, 4.69) is 15.0 Å². The standard InChI is InChI=1S/C15H15ClN4/c1-9-4-5-10(8-11(9)16)14-17-12-6-7-13(20(2)3)18-15(12)19-14/h4-8H,1-3H3,(H,17,18,19). The highest BCUT2D eigenvalue weighted by molar-refractivity contribution is 6.31. The average molecular weight is 287 g/mol. The summed E-state index contributed by atoms with van der Waals surface area (Å²) in [5.74, 6) is 1.67. The van der Waals surface area contributed by atoms with Gasteiger partial charge in [-0.3, -0.25) is 0 Å². The number of rotatable bonds is 2. The third-order valence-corrected chi connectivity index (χ3v) is 3.64. The van der Waals surface area contributed by atoms with E-state index in [4.69, 9.17) is 11.6 Å². The summed E-state index contributed by atoms with van der Waals surface area (Å²) < 4.78 is 0. The second kappa shape index (κ2) is 4.80. The topological polar surface area (TPSA) is 44.8 Å². The molecule has 0 aliphatic heterocycles. The van der Waals surface area contributed by atoms with Crippen molar-refractivity contribution in [3.8, 4) is 11.4 Å². The number of halogens is 1. The number of benzene rings is 1. The van der Waals surface area contributed by atoms with Crippen molar-refractivity contribution >= 4 is 28.6 Å². The van der Waals surface area contributed by atoms with Crippen LogP contribution in [0.5, 0.6) is 0 Å². The van der Waals surface area contributed by atoms with Crippen LogP contribution in [-0.2, 0) is 0 Å². The maximum Gasteiger partial charge on any atom is 0.180 e. The second-order valence-electron chi connectivity index (χ2n) is 4.98. The van der Waals surface area contributed by atoms with Crippen LogP contribution in [0.15, 0.2) is 30.3 Å². The van der Waals surface area contributed by atoms with Gasteiger partial charge in [0, 0.05) is 24.7 Å². The summed E-state index contributed by atoms with van der Waals surface area (Å²) in [7, 11) is 3.92. The minimum absolute atomic E-state index is 0.711. The van der Waals surface area contributed by atoms with Crippen LogP contribution in [0.3, 0.4) is 0 Å². The molecule has 0 aliphatic rings. The Balaban J connectivity index is 2.10. The summed E-state index contributed by atoms with van der Waals surface area (Å²) in [6.45, 7) is 1.98. The molecule has 0 unspecified atom stereocenters. The number of H-pyrrole nitrogens is 1. The highest BCUT2D eigenvalue weighted by Crippen LogP contribution is 2.25. The molecule has 0 fully saturated rings. The summed E-state index contributed by atoms with van der Waals surface area (Å²) in [4.78, 5) is 14.3. The Morgan fingerprint density at radius 1 is 1.10 bits per heavy atom. The van der Waals surface area contributed by atoms with E-state index in [0.29, 0.717) is 5.65 Å². The molecule has 3 rings (SSSR count). The first kappa shape index (κ1) is 12.9. The van der Waals surface area contributed by atoms with Crippen LogP contribution in [0.2, 0.25) is 5.02 Å². The molecule has 3 aromatic rings. The van der Waals surface area contributed by atoms with Gasteiger partial charge in [0.15, 0.2) is 5.65 Å². The van der Waals surface area contributed by atoms with E-state index in [-0.39, 0.29) is 0 Å². The van der Waals surface area contributed by atoms with Gasteiger partial charge in [-0.25, -0.2) is 9.97 Å². The highest BCUT2D eigenvalue weighted by atomic mass is 35.5. The Morgan fingerprint density at radius 2 is 1.90 bits per heavy atom. The maximum absolute atomic E-state index is 6.17. The lowest BCUT2D eigenvalue weighted by Crippen LogP contribution is -2.10. The van der Waals surface area contributed by atoms with Gasteiger partial charge in [0.25, 0.3) is 0 Å². The van der Waals surface area contributed by atoms with E-state index < -0.39 is 0 Å². The molecule has 0 amide bonds. The number of nitrogens with zero attached hydrogens (tertiary/aromatic N) is 3. The van der Waals surface area contributed by atoms with Crippen molar-refractivity contribution in [3.63, 3.8) is 0 Å². The van der Waals surface area contributed by atoms with Crippen LogP contribution in [-0.4, -0.2) is 29.0 Å². The zero-order chi connectivity index (χ0) is 14.3. The smallest absolute Gasteiger partial charge is 0.180 e. The van der Waals surface area contributed by atoms with Crippen LogP contribution in [0.4, 0.5) is 5.82 Å². The number of fused-ring (bicyclic) bond motifs is 1. The van der Waals surface area contributed by atoms with Gasteiger partial charge in [-0.15, -0.1) is 0 Å². The van der Waals surface area contributed by atoms with Crippen LogP contribution in [0.25, 0.3) is 22.6 Å². The van der Waals surface area contributed by atoms with E-state index in [1.807, 2.05) is 56.3 Å². The highest BCUT2D eigenvalue weighted by Gasteiger charge is 2.09. The van der Waals surface area contributed by atoms with Gasteiger partial charge in [0.1, 0.15) is 11.6 Å². The number of hydrogen-bond acceptors (Lipinski definition) is 3. The lowest BCUT2D eigenvalue weighted by atomic mass is 10.1. The largest absolute Gasteiger partial charge is 0.363 e. The number of anilines is 1. The third-order valence-electron chi connectivity index (χ3n) is 3.23. The van der Waals surface area contributed by atoms with E-state index in [9.17, 15) is 0 Å².